The number of urea groups is 1. The monoisotopic (exact) mass is 480 g/mol. The summed E-state index contributed by atoms with van der Waals surface area (Å²) in [4.78, 5) is 41.4. The average molecular weight is 481 g/mol. The zero-order valence-corrected chi connectivity index (χ0v) is 20.2. The van der Waals surface area contributed by atoms with E-state index in [1.807, 2.05) is 53.4 Å². The minimum atomic E-state index is -0.869. The SMILES string of the molecule is COc1ccc(CCNC(=O)CN2CCC3(CC2)NC(=O)N(Cc2ccccc2)C3=O)cc1OC. The van der Waals surface area contributed by atoms with Crippen LogP contribution in [0.2, 0.25) is 0 Å². The van der Waals surface area contributed by atoms with Gasteiger partial charge >= 0.3 is 6.03 Å². The molecule has 2 aromatic rings. The number of hydrogen-bond donors (Lipinski definition) is 2. The molecule has 0 aliphatic carbocycles. The summed E-state index contributed by atoms with van der Waals surface area (Å²) < 4.78 is 10.6. The number of amides is 4. The highest BCUT2D eigenvalue weighted by atomic mass is 16.5. The maximum Gasteiger partial charge on any atom is 0.325 e. The molecule has 0 aromatic heterocycles. The topological polar surface area (TPSA) is 100 Å². The summed E-state index contributed by atoms with van der Waals surface area (Å²) in [5.41, 5.74) is 1.08. The van der Waals surface area contributed by atoms with Crippen LogP contribution in [0.25, 0.3) is 0 Å². The van der Waals surface area contributed by atoms with Gasteiger partial charge in [-0.25, -0.2) is 4.79 Å². The Morgan fingerprint density at radius 2 is 1.71 bits per heavy atom. The van der Waals surface area contributed by atoms with Crippen molar-refractivity contribution in [1.82, 2.24) is 20.4 Å². The maximum absolute atomic E-state index is 13.1. The first-order valence-electron chi connectivity index (χ1n) is 11.8. The third kappa shape index (κ3) is 5.57. The van der Waals surface area contributed by atoms with Crippen molar-refractivity contribution in [2.24, 2.45) is 0 Å². The van der Waals surface area contributed by atoms with E-state index in [-0.39, 0.29) is 30.9 Å². The fourth-order valence-corrected chi connectivity index (χ4v) is 4.66. The standard InChI is InChI=1S/C26H32N4O5/c1-34-21-9-8-19(16-22(21)35-2)10-13-27-23(31)18-29-14-11-26(12-15-29)24(32)30(25(33)28-26)17-20-6-4-3-5-7-20/h3-9,16H,10-15,17-18H2,1-2H3,(H,27,31)(H,28,33). The number of methoxy groups -OCH3 is 2. The molecule has 2 aliphatic rings. The number of carbonyl (C=O) groups is 3. The molecule has 0 saturated carbocycles. The molecule has 9 heteroatoms. The Kier molecular flexibility index (Phi) is 7.55. The molecule has 4 rings (SSSR count). The molecular formula is C26H32N4O5. The highest BCUT2D eigenvalue weighted by Gasteiger charge is 2.52. The quantitative estimate of drug-likeness (QED) is 0.532. The lowest BCUT2D eigenvalue weighted by Gasteiger charge is -2.36. The van der Waals surface area contributed by atoms with Gasteiger partial charge in [0.1, 0.15) is 5.54 Å². The predicted molar refractivity (Wildman–Crippen MR) is 130 cm³/mol. The van der Waals surface area contributed by atoms with Crippen LogP contribution in [0.4, 0.5) is 4.79 Å². The van der Waals surface area contributed by atoms with Crippen LogP contribution in [-0.2, 0) is 22.6 Å². The molecule has 2 fully saturated rings. The summed E-state index contributed by atoms with van der Waals surface area (Å²) in [7, 11) is 3.19. The van der Waals surface area contributed by atoms with Gasteiger partial charge in [-0.2, -0.15) is 0 Å². The van der Waals surface area contributed by atoms with E-state index in [0.717, 1.165) is 11.1 Å². The number of benzene rings is 2. The Morgan fingerprint density at radius 3 is 2.40 bits per heavy atom. The summed E-state index contributed by atoms with van der Waals surface area (Å²) in [5.74, 6) is 1.09. The van der Waals surface area contributed by atoms with Gasteiger partial charge in [0.15, 0.2) is 11.5 Å². The van der Waals surface area contributed by atoms with Crippen LogP contribution in [0.15, 0.2) is 48.5 Å². The molecule has 2 saturated heterocycles. The Bertz CT molecular complexity index is 1070. The average Bonchev–Trinajstić information content (AvgIpc) is 3.10. The normalized spacial score (nSPS) is 17.4. The van der Waals surface area contributed by atoms with Crippen LogP contribution >= 0.6 is 0 Å². The molecule has 186 valence electrons. The second kappa shape index (κ2) is 10.8. The molecule has 2 aromatic carbocycles. The van der Waals surface area contributed by atoms with Crippen LogP contribution in [0.1, 0.15) is 24.0 Å². The summed E-state index contributed by atoms with van der Waals surface area (Å²) in [6, 6.07) is 14.8. The van der Waals surface area contributed by atoms with Crippen LogP contribution < -0.4 is 20.1 Å². The second-order valence-corrected chi connectivity index (χ2v) is 8.95. The van der Waals surface area contributed by atoms with Crippen LogP contribution in [0, 0.1) is 0 Å². The lowest BCUT2D eigenvalue weighted by atomic mass is 9.87. The van der Waals surface area contributed by atoms with E-state index in [0.29, 0.717) is 50.4 Å². The highest BCUT2D eigenvalue weighted by Crippen LogP contribution is 2.30. The van der Waals surface area contributed by atoms with Gasteiger partial charge in [0.05, 0.1) is 27.3 Å². The van der Waals surface area contributed by atoms with E-state index in [1.54, 1.807) is 14.2 Å². The van der Waals surface area contributed by atoms with Crippen LogP contribution in [0.3, 0.4) is 0 Å². The molecule has 0 radical (unpaired) electrons. The Labute approximate surface area is 205 Å². The maximum atomic E-state index is 13.1. The second-order valence-electron chi connectivity index (χ2n) is 8.95. The third-order valence-electron chi connectivity index (χ3n) is 6.69. The van der Waals surface area contributed by atoms with Crippen molar-refractivity contribution in [3.8, 4) is 11.5 Å². The summed E-state index contributed by atoms with van der Waals surface area (Å²) in [5, 5.41) is 5.88. The number of likely N-dealkylation sites (tertiary alicyclic amines) is 1. The van der Waals surface area contributed by atoms with E-state index >= 15 is 0 Å². The zero-order valence-electron chi connectivity index (χ0n) is 20.2. The molecule has 0 atom stereocenters. The Hall–Kier alpha value is -3.59. The zero-order chi connectivity index (χ0) is 24.8. The summed E-state index contributed by atoms with van der Waals surface area (Å²) >= 11 is 0. The van der Waals surface area contributed by atoms with Crippen LogP contribution in [-0.4, -0.2) is 73.6 Å². The largest absolute Gasteiger partial charge is 0.493 e. The Morgan fingerprint density at radius 1 is 1.00 bits per heavy atom. The van der Waals surface area contributed by atoms with E-state index in [1.165, 1.54) is 4.90 Å². The van der Waals surface area contributed by atoms with Crippen molar-refractivity contribution in [3.05, 3.63) is 59.7 Å². The third-order valence-corrected chi connectivity index (χ3v) is 6.69. The first kappa shape index (κ1) is 24.5. The molecule has 4 amide bonds. The lowest BCUT2D eigenvalue weighted by Crippen LogP contribution is -2.56. The number of carbonyl (C=O) groups excluding carboxylic acids is 3. The van der Waals surface area contributed by atoms with Gasteiger partial charge in [-0.1, -0.05) is 36.4 Å². The van der Waals surface area contributed by atoms with Crippen molar-refractivity contribution in [2.75, 3.05) is 40.4 Å². The number of imide groups is 1. The molecular weight excluding hydrogens is 448 g/mol. The fourth-order valence-electron chi connectivity index (χ4n) is 4.66. The number of ether oxygens (including phenoxy) is 2. The molecule has 0 bridgehead atoms. The molecule has 2 aliphatic heterocycles. The Balaban J connectivity index is 1.23. The summed E-state index contributed by atoms with van der Waals surface area (Å²) in [6.07, 6.45) is 1.65. The molecule has 0 unspecified atom stereocenters. The van der Waals surface area contributed by atoms with E-state index in [2.05, 4.69) is 10.6 Å². The van der Waals surface area contributed by atoms with E-state index in [4.69, 9.17) is 9.47 Å². The van der Waals surface area contributed by atoms with Gasteiger partial charge in [0, 0.05) is 19.6 Å². The first-order valence-corrected chi connectivity index (χ1v) is 11.8. The van der Waals surface area contributed by atoms with Crippen molar-refractivity contribution in [1.29, 1.82) is 0 Å². The smallest absolute Gasteiger partial charge is 0.325 e. The number of nitrogens with one attached hydrogen (secondary N) is 2. The van der Waals surface area contributed by atoms with Crippen molar-refractivity contribution in [2.45, 2.75) is 31.3 Å². The van der Waals surface area contributed by atoms with Gasteiger partial charge in [0.25, 0.3) is 5.91 Å². The van der Waals surface area contributed by atoms with Crippen LogP contribution in [0.5, 0.6) is 11.5 Å². The molecule has 2 heterocycles. The van der Waals surface area contributed by atoms with E-state index in [9.17, 15) is 14.4 Å². The van der Waals surface area contributed by atoms with Gasteiger partial charge in [-0.05, 0) is 42.5 Å². The van der Waals surface area contributed by atoms with Gasteiger partial charge in [-0.3, -0.25) is 19.4 Å². The number of rotatable bonds is 9. The van der Waals surface area contributed by atoms with Crippen molar-refractivity contribution >= 4 is 17.8 Å². The molecule has 35 heavy (non-hydrogen) atoms. The highest BCUT2D eigenvalue weighted by molar-refractivity contribution is 6.07. The van der Waals surface area contributed by atoms with Gasteiger partial charge in [0.2, 0.25) is 5.91 Å². The van der Waals surface area contributed by atoms with Crippen molar-refractivity contribution in [3.63, 3.8) is 0 Å². The van der Waals surface area contributed by atoms with Gasteiger partial charge < -0.3 is 20.1 Å². The molecule has 1 spiro atoms. The molecule has 9 nitrogen and oxygen atoms in total. The van der Waals surface area contributed by atoms with E-state index < -0.39 is 5.54 Å². The lowest BCUT2D eigenvalue weighted by molar-refractivity contribution is -0.133. The first-order chi connectivity index (χ1) is 16.9. The number of nitrogens with zero attached hydrogens (tertiary/aromatic N) is 2. The van der Waals surface area contributed by atoms with Gasteiger partial charge in [-0.15, -0.1) is 0 Å². The number of hydrogen-bond acceptors (Lipinski definition) is 6. The van der Waals surface area contributed by atoms with Crippen molar-refractivity contribution < 1.29 is 23.9 Å². The molecule has 2 N–H and O–H groups in total. The predicted octanol–water partition coefficient (Wildman–Crippen LogP) is 1.95. The minimum Gasteiger partial charge on any atom is -0.493 e. The minimum absolute atomic E-state index is 0.0612. The fraction of sp³-hybridized carbons (Fsp3) is 0.423. The number of piperidine rings is 1. The summed E-state index contributed by atoms with van der Waals surface area (Å²) in [6.45, 7) is 2.16.